The molecule has 2 aromatic rings. The van der Waals surface area contributed by atoms with Crippen LogP contribution in [0.4, 0.5) is 0 Å². The summed E-state index contributed by atoms with van der Waals surface area (Å²) in [6.07, 6.45) is 0. The fourth-order valence-electron chi connectivity index (χ4n) is 1.96. The van der Waals surface area contributed by atoms with Gasteiger partial charge in [-0.25, -0.2) is 4.98 Å². The van der Waals surface area contributed by atoms with Crippen LogP contribution < -0.4 is 5.56 Å². The van der Waals surface area contributed by atoms with E-state index in [0.717, 1.165) is 5.56 Å². The summed E-state index contributed by atoms with van der Waals surface area (Å²) in [5, 5.41) is 0. The second-order valence-corrected chi connectivity index (χ2v) is 4.98. The molecule has 0 aliphatic carbocycles. The molecule has 1 atom stereocenters. The minimum Gasteiger partial charge on any atom is -0.311 e. The van der Waals surface area contributed by atoms with Crippen molar-refractivity contribution in [1.29, 1.82) is 0 Å². The van der Waals surface area contributed by atoms with Crippen molar-refractivity contribution in [3.8, 4) is 11.3 Å². The van der Waals surface area contributed by atoms with Crippen molar-refractivity contribution < 1.29 is 0 Å². The highest BCUT2D eigenvalue weighted by atomic mass is 16.1. The number of nitrogens with zero attached hydrogens (tertiary/aromatic N) is 2. The van der Waals surface area contributed by atoms with Crippen LogP contribution in [0.5, 0.6) is 0 Å². The first kappa shape index (κ1) is 13.5. The lowest BCUT2D eigenvalue weighted by Crippen LogP contribution is -2.16. The molecule has 4 nitrogen and oxygen atoms in total. The highest BCUT2D eigenvalue weighted by Gasteiger charge is 2.08. The van der Waals surface area contributed by atoms with Crippen LogP contribution in [0.15, 0.2) is 35.1 Å². The molecule has 2 rings (SSSR count). The molecular weight excluding hydrogens is 238 g/mol. The molecule has 100 valence electrons. The molecule has 0 spiro atoms. The van der Waals surface area contributed by atoms with Gasteiger partial charge in [-0.3, -0.25) is 4.79 Å². The average Bonchev–Trinajstić information content (AvgIpc) is 2.37. The summed E-state index contributed by atoms with van der Waals surface area (Å²) in [5.74, 6) is 0.633. The van der Waals surface area contributed by atoms with Gasteiger partial charge < -0.3 is 9.88 Å². The van der Waals surface area contributed by atoms with E-state index >= 15 is 0 Å². The summed E-state index contributed by atoms with van der Waals surface area (Å²) in [4.78, 5) is 20.6. The Balaban J connectivity index is 2.35. The summed E-state index contributed by atoms with van der Waals surface area (Å²) >= 11 is 0. The van der Waals surface area contributed by atoms with E-state index in [0.29, 0.717) is 17.6 Å². The molecule has 0 aliphatic heterocycles. The Morgan fingerprint density at radius 3 is 2.37 bits per heavy atom. The molecule has 0 saturated heterocycles. The van der Waals surface area contributed by atoms with Crippen molar-refractivity contribution in [3.63, 3.8) is 0 Å². The lowest BCUT2D eigenvalue weighted by Gasteiger charge is -2.20. The zero-order chi connectivity index (χ0) is 14.0. The van der Waals surface area contributed by atoms with Gasteiger partial charge in [-0.15, -0.1) is 0 Å². The summed E-state index contributed by atoms with van der Waals surface area (Å²) < 4.78 is 0. The fourth-order valence-corrected chi connectivity index (χ4v) is 1.96. The van der Waals surface area contributed by atoms with E-state index in [1.54, 1.807) is 6.92 Å². The SMILES string of the molecule is Cc1nc(-c2ccc([C@H](C)N(C)C)cc2)cc(=O)[nH]1. The van der Waals surface area contributed by atoms with E-state index in [-0.39, 0.29) is 5.56 Å². The molecule has 19 heavy (non-hydrogen) atoms. The van der Waals surface area contributed by atoms with E-state index in [9.17, 15) is 4.79 Å². The molecule has 0 unspecified atom stereocenters. The number of rotatable bonds is 3. The third kappa shape index (κ3) is 3.09. The number of H-pyrrole nitrogens is 1. The van der Waals surface area contributed by atoms with E-state index in [4.69, 9.17) is 0 Å². The molecule has 1 aromatic carbocycles. The highest BCUT2D eigenvalue weighted by Crippen LogP contribution is 2.21. The van der Waals surface area contributed by atoms with Crippen LogP contribution in [0.25, 0.3) is 11.3 Å². The normalized spacial score (nSPS) is 12.7. The first-order chi connectivity index (χ1) is 8.97. The average molecular weight is 257 g/mol. The van der Waals surface area contributed by atoms with Crippen LogP contribution in [0.1, 0.15) is 24.4 Å². The molecule has 0 amide bonds. The molecule has 1 N–H and O–H groups in total. The van der Waals surface area contributed by atoms with Crippen molar-refractivity contribution in [2.45, 2.75) is 19.9 Å². The monoisotopic (exact) mass is 257 g/mol. The van der Waals surface area contributed by atoms with Crippen molar-refractivity contribution in [3.05, 3.63) is 52.1 Å². The van der Waals surface area contributed by atoms with Crippen LogP contribution in [-0.4, -0.2) is 29.0 Å². The van der Waals surface area contributed by atoms with Gasteiger partial charge in [0.1, 0.15) is 5.82 Å². The number of aromatic nitrogens is 2. The quantitative estimate of drug-likeness (QED) is 0.918. The maximum atomic E-state index is 11.4. The van der Waals surface area contributed by atoms with Crippen LogP contribution >= 0.6 is 0 Å². The van der Waals surface area contributed by atoms with Gasteiger partial charge in [-0.1, -0.05) is 24.3 Å². The maximum absolute atomic E-state index is 11.4. The number of aromatic amines is 1. The van der Waals surface area contributed by atoms with E-state index in [2.05, 4.69) is 48.0 Å². The van der Waals surface area contributed by atoms with E-state index in [1.807, 2.05) is 12.1 Å². The number of hydrogen-bond donors (Lipinski definition) is 1. The van der Waals surface area contributed by atoms with Gasteiger partial charge in [-0.2, -0.15) is 0 Å². The molecule has 0 bridgehead atoms. The zero-order valence-corrected chi connectivity index (χ0v) is 11.8. The molecular formula is C15H19N3O. The van der Waals surface area contributed by atoms with Crippen molar-refractivity contribution in [2.75, 3.05) is 14.1 Å². The van der Waals surface area contributed by atoms with Crippen molar-refractivity contribution in [2.24, 2.45) is 0 Å². The Morgan fingerprint density at radius 1 is 1.21 bits per heavy atom. The van der Waals surface area contributed by atoms with Crippen LogP contribution in [0, 0.1) is 6.92 Å². The largest absolute Gasteiger partial charge is 0.311 e. The van der Waals surface area contributed by atoms with Crippen LogP contribution in [-0.2, 0) is 0 Å². The van der Waals surface area contributed by atoms with E-state index in [1.165, 1.54) is 11.6 Å². The molecule has 0 saturated carbocycles. The third-order valence-electron chi connectivity index (χ3n) is 3.32. The predicted molar refractivity (Wildman–Crippen MR) is 77.1 cm³/mol. The van der Waals surface area contributed by atoms with Gasteiger partial charge >= 0.3 is 0 Å². The van der Waals surface area contributed by atoms with Crippen LogP contribution in [0.2, 0.25) is 0 Å². The molecule has 4 heteroatoms. The van der Waals surface area contributed by atoms with Crippen molar-refractivity contribution in [1.82, 2.24) is 14.9 Å². The molecule has 0 fully saturated rings. The number of aryl methyl sites for hydroxylation is 1. The Hall–Kier alpha value is -1.94. The molecule has 1 heterocycles. The summed E-state index contributed by atoms with van der Waals surface area (Å²) in [6, 6.07) is 10.1. The maximum Gasteiger partial charge on any atom is 0.251 e. The molecule has 0 radical (unpaired) electrons. The molecule has 1 aromatic heterocycles. The number of nitrogens with one attached hydrogen (secondary N) is 1. The fraction of sp³-hybridized carbons (Fsp3) is 0.333. The minimum atomic E-state index is -0.117. The Morgan fingerprint density at radius 2 is 1.84 bits per heavy atom. The van der Waals surface area contributed by atoms with Gasteiger partial charge in [0.15, 0.2) is 0 Å². The first-order valence-corrected chi connectivity index (χ1v) is 6.32. The Bertz CT molecular complexity index is 614. The van der Waals surface area contributed by atoms with Gasteiger partial charge in [0.25, 0.3) is 5.56 Å². The second kappa shape index (κ2) is 5.36. The van der Waals surface area contributed by atoms with Gasteiger partial charge in [-0.05, 0) is 33.5 Å². The Labute approximate surface area is 113 Å². The second-order valence-electron chi connectivity index (χ2n) is 4.98. The first-order valence-electron chi connectivity index (χ1n) is 6.32. The number of hydrogen-bond acceptors (Lipinski definition) is 3. The smallest absolute Gasteiger partial charge is 0.251 e. The van der Waals surface area contributed by atoms with Crippen LogP contribution in [0.3, 0.4) is 0 Å². The summed E-state index contributed by atoms with van der Waals surface area (Å²) in [7, 11) is 4.11. The Kier molecular flexibility index (Phi) is 3.81. The number of benzene rings is 1. The van der Waals surface area contributed by atoms with Gasteiger partial charge in [0.2, 0.25) is 0 Å². The summed E-state index contributed by atoms with van der Waals surface area (Å²) in [5.41, 5.74) is 2.80. The zero-order valence-electron chi connectivity index (χ0n) is 11.8. The summed E-state index contributed by atoms with van der Waals surface area (Å²) in [6.45, 7) is 3.94. The minimum absolute atomic E-state index is 0.117. The standard InChI is InChI=1S/C15H19N3O/c1-10(18(3)4)12-5-7-13(8-6-12)14-9-15(19)17-11(2)16-14/h5-10H,1-4H3,(H,16,17,19)/t10-/m0/s1. The van der Waals surface area contributed by atoms with Gasteiger partial charge in [0.05, 0.1) is 5.69 Å². The van der Waals surface area contributed by atoms with Gasteiger partial charge in [0, 0.05) is 17.7 Å². The van der Waals surface area contributed by atoms with Crippen molar-refractivity contribution >= 4 is 0 Å². The highest BCUT2D eigenvalue weighted by molar-refractivity contribution is 5.59. The predicted octanol–water partition coefficient (Wildman–Crippen LogP) is 2.37. The molecule has 0 aliphatic rings. The van der Waals surface area contributed by atoms with E-state index < -0.39 is 0 Å². The third-order valence-corrected chi connectivity index (χ3v) is 3.32. The lowest BCUT2D eigenvalue weighted by molar-refractivity contribution is 0.321. The lowest BCUT2D eigenvalue weighted by atomic mass is 10.0. The topological polar surface area (TPSA) is 49.0 Å².